The number of methoxy groups -OCH3 is 1. The molecular formula is C24H32N2O3. The lowest BCUT2D eigenvalue weighted by Gasteiger charge is -2.35. The molecule has 0 aliphatic carbocycles. The fourth-order valence-corrected chi connectivity index (χ4v) is 3.84. The number of piperidine rings is 1. The standard InChI is InChI=1S/C24H32N2O3/c1-3-7-20-18-22(27-2)10-11-24(20)29-17-16-28-15-14-26-13-5-4-9-23(26)21-8-6-12-25-19-21/h3,6,8,10-12,18-19,23H,1,4-5,7,9,13-17H2,2H3/t23-/m1/s1. The predicted molar refractivity (Wildman–Crippen MR) is 116 cm³/mol. The van der Waals surface area contributed by atoms with E-state index in [1.165, 1.54) is 24.8 Å². The summed E-state index contributed by atoms with van der Waals surface area (Å²) in [4.78, 5) is 6.81. The first-order chi connectivity index (χ1) is 14.3. The Balaban J connectivity index is 1.41. The van der Waals surface area contributed by atoms with Crippen LogP contribution < -0.4 is 9.47 Å². The van der Waals surface area contributed by atoms with Gasteiger partial charge in [-0.3, -0.25) is 9.88 Å². The highest BCUT2D eigenvalue weighted by Gasteiger charge is 2.23. The number of allylic oxidation sites excluding steroid dienone is 1. The van der Waals surface area contributed by atoms with Crippen LogP contribution >= 0.6 is 0 Å². The van der Waals surface area contributed by atoms with E-state index in [4.69, 9.17) is 14.2 Å². The van der Waals surface area contributed by atoms with Gasteiger partial charge in [-0.2, -0.15) is 0 Å². The largest absolute Gasteiger partial charge is 0.497 e. The lowest BCUT2D eigenvalue weighted by Crippen LogP contribution is -2.36. The van der Waals surface area contributed by atoms with Gasteiger partial charge in [0.2, 0.25) is 0 Å². The second-order valence-corrected chi connectivity index (χ2v) is 7.26. The lowest BCUT2D eigenvalue weighted by atomic mass is 9.96. The molecule has 0 amide bonds. The second kappa shape index (κ2) is 11.6. The SMILES string of the molecule is C=CCc1cc(OC)ccc1OCCOCCN1CCCC[C@@H]1c1cccnc1. The average Bonchev–Trinajstić information content (AvgIpc) is 2.78. The van der Waals surface area contributed by atoms with Crippen LogP contribution in [-0.2, 0) is 11.2 Å². The summed E-state index contributed by atoms with van der Waals surface area (Å²) in [5.74, 6) is 1.69. The summed E-state index contributed by atoms with van der Waals surface area (Å²) in [7, 11) is 1.67. The number of nitrogens with zero attached hydrogens (tertiary/aromatic N) is 2. The summed E-state index contributed by atoms with van der Waals surface area (Å²) in [6.07, 6.45) is 10.2. The van der Waals surface area contributed by atoms with Gasteiger partial charge in [-0.15, -0.1) is 6.58 Å². The molecule has 1 aliphatic heterocycles. The van der Waals surface area contributed by atoms with Gasteiger partial charge in [0, 0.05) is 30.5 Å². The van der Waals surface area contributed by atoms with Crippen LogP contribution in [0.25, 0.3) is 0 Å². The van der Waals surface area contributed by atoms with Crippen LogP contribution in [-0.4, -0.2) is 49.9 Å². The first kappa shape index (κ1) is 21.3. The highest BCUT2D eigenvalue weighted by Crippen LogP contribution is 2.30. The van der Waals surface area contributed by atoms with Gasteiger partial charge in [-0.25, -0.2) is 0 Å². The van der Waals surface area contributed by atoms with Crippen molar-refractivity contribution in [3.05, 3.63) is 66.5 Å². The topological polar surface area (TPSA) is 43.8 Å². The Kier molecular flexibility index (Phi) is 8.53. The van der Waals surface area contributed by atoms with Gasteiger partial charge in [0.1, 0.15) is 18.1 Å². The molecule has 2 aromatic rings. The number of aromatic nitrogens is 1. The molecule has 5 heteroatoms. The fraction of sp³-hybridized carbons (Fsp3) is 0.458. The van der Waals surface area contributed by atoms with Gasteiger partial charge in [0.05, 0.1) is 20.3 Å². The maximum atomic E-state index is 5.92. The van der Waals surface area contributed by atoms with E-state index >= 15 is 0 Å². The summed E-state index contributed by atoms with van der Waals surface area (Å²) >= 11 is 0. The Morgan fingerprint density at radius 1 is 1.21 bits per heavy atom. The maximum Gasteiger partial charge on any atom is 0.123 e. The molecule has 0 bridgehead atoms. The van der Waals surface area contributed by atoms with E-state index in [1.54, 1.807) is 7.11 Å². The van der Waals surface area contributed by atoms with Crippen LogP contribution in [0.5, 0.6) is 11.5 Å². The predicted octanol–water partition coefficient (Wildman–Crippen LogP) is 4.44. The molecule has 0 radical (unpaired) electrons. The molecule has 29 heavy (non-hydrogen) atoms. The molecule has 0 spiro atoms. The van der Waals surface area contributed by atoms with E-state index in [0.717, 1.165) is 36.6 Å². The summed E-state index contributed by atoms with van der Waals surface area (Å²) in [5, 5.41) is 0. The van der Waals surface area contributed by atoms with Gasteiger partial charge >= 0.3 is 0 Å². The molecule has 1 aromatic heterocycles. The number of ether oxygens (including phenoxy) is 3. The van der Waals surface area contributed by atoms with Crippen molar-refractivity contribution in [2.75, 3.05) is 40.0 Å². The Morgan fingerprint density at radius 2 is 2.14 bits per heavy atom. The van der Waals surface area contributed by atoms with Crippen LogP contribution in [0.3, 0.4) is 0 Å². The van der Waals surface area contributed by atoms with Crippen LogP contribution in [0, 0.1) is 0 Å². The van der Waals surface area contributed by atoms with E-state index in [0.29, 0.717) is 25.9 Å². The number of pyridine rings is 1. The summed E-state index contributed by atoms with van der Waals surface area (Å²) in [6, 6.07) is 10.5. The van der Waals surface area contributed by atoms with Gasteiger partial charge in [-0.1, -0.05) is 18.6 Å². The van der Waals surface area contributed by atoms with Crippen molar-refractivity contribution in [3.63, 3.8) is 0 Å². The summed E-state index contributed by atoms with van der Waals surface area (Å²) < 4.78 is 17.1. The molecule has 1 saturated heterocycles. The molecule has 1 atom stereocenters. The van der Waals surface area contributed by atoms with Crippen molar-refractivity contribution in [2.45, 2.75) is 31.7 Å². The van der Waals surface area contributed by atoms with E-state index < -0.39 is 0 Å². The molecule has 0 saturated carbocycles. The van der Waals surface area contributed by atoms with Crippen molar-refractivity contribution in [3.8, 4) is 11.5 Å². The first-order valence-electron chi connectivity index (χ1n) is 10.4. The molecular weight excluding hydrogens is 364 g/mol. The number of likely N-dealkylation sites (tertiary alicyclic amines) is 1. The monoisotopic (exact) mass is 396 g/mol. The third-order valence-electron chi connectivity index (χ3n) is 5.32. The molecule has 5 nitrogen and oxygen atoms in total. The van der Waals surface area contributed by atoms with Gasteiger partial charge in [-0.05, 0) is 55.6 Å². The van der Waals surface area contributed by atoms with E-state index in [1.807, 2.05) is 42.7 Å². The van der Waals surface area contributed by atoms with Crippen molar-refractivity contribution in [1.82, 2.24) is 9.88 Å². The highest BCUT2D eigenvalue weighted by atomic mass is 16.5. The maximum absolute atomic E-state index is 5.92. The van der Waals surface area contributed by atoms with Crippen molar-refractivity contribution in [1.29, 1.82) is 0 Å². The molecule has 3 rings (SSSR count). The zero-order chi connectivity index (χ0) is 20.3. The first-order valence-corrected chi connectivity index (χ1v) is 10.4. The van der Waals surface area contributed by atoms with Crippen molar-refractivity contribution < 1.29 is 14.2 Å². The zero-order valence-corrected chi connectivity index (χ0v) is 17.4. The number of rotatable bonds is 11. The van der Waals surface area contributed by atoms with Gasteiger partial charge < -0.3 is 14.2 Å². The lowest BCUT2D eigenvalue weighted by molar-refractivity contribution is 0.0570. The minimum atomic E-state index is 0.457. The molecule has 0 N–H and O–H groups in total. The molecule has 1 fully saturated rings. The Labute approximate surface area is 174 Å². The normalized spacial score (nSPS) is 17.1. The van der Waals surface area contributed by atoms with E-state index in [-0.39, 0.29) is 0 Å². The fourth-order valence-electron chi connectivity index (χ4n) is 3.84. The minimum absolute atomic E-state index is 0.457. The highest BCUT2D eigenvalue weighted by molar-refractivity contribution is 5.41. The zero-order valence-electron chi connectivity index (χ0n) is 17.4. The van der Waals surface area contributed by atoms with Crippen LogP contribution in [0.15, 0.2) is 55.4 Å². The minimum Gasteiger partial charge on any atom is -0.497 e. The van der Waals surface area contributed by atoms with Crippen LogP contribution in [0.1, 0.15) is 36.4 Å². The Morgan fingerprint density at radius 3 is 2.93 bits per heavy atom. The van der Waals surface area contributed by atoms with E-state index in [2.05, 4.69) is 22.5 Å². The number of hydrogen-bond donors (Lipinski definition) is 0. The molecule has 156 valence electrons. The van der Waals surface area contributed by atoms with Crippen molar-refractivity contribution in [2.24, 2.45) is 0 Å². The second-order valence-electron chi connectivity index (χ2n) is 7.26. The molecule has 1 aromatic carbocycles. The third kappa shape index (κ3) is 6.31. The Bertz CT molecular complexity index is 751. The van der Waals surface area contributed by atoms with E-state index in [9.17, 15) is 0 Å². The van der Waals surface area contributed by atoms with Gasteiger partial charge in [0.25, 0.3) is 0 Å². The quantitative estimate of drug-likeness (QED) is 0.415. The van der Waals surface area contributed by atoms with Crippen LogP contribution in [0.4, 0.5) is 0 Å². The molecule has 2 heterocycles. The average molecular weight is 397 g/mol. The number of hydrogen-bond acceptors (Lipinski definition) is 5. The summed E-state index contributed by atoms with van der Waals surface area (Å²) in [5.41, 5.74) is 2.39. The smallest absolute Gasteiger partial charge is 0.123 e. The summed E-state index contributed by atoms with van der Waals surface area (Å²) in [6.45, 7) is 7.69. The molecule has 1 aliphatic rings. The number of benzene rings is 1. The third-order valence-corrected chi connectivity index (χ3v) is 5.32. The van der Waals surface area contributed by atoms with Gasteiger partial charge in [0.15, 0.2) is 0 Å². The van der Waals surface area contributed by atoms with Crippen LogP contribution in [0.2, 0.25) is 0 Å². The Hall–Kier alpha value is -2.37. The van der Waals surface area contributed by atoms with Crippen molar-refractivity contribution >= 4 is 0 Å². The molecule has 0 unspecified atom stereocenters.